The molecule has 1 heterocycles. The van der Waals surface area contributed by atoms with E-state index in [1.165, 1.54) is 6.07 Å². The lowest BCUT2D eigenvalue weighted by Crippen LogP contribution is -2.45. The summed E-state index contributed by atoms with van der Waals surface area (Å²) in [7, 11) is 0. The first-order chi connectivity index (χ1) is 17.7. The van der Waals surface area contributed by atoms with Crippen LogP contribution in [0.1, 0.15) is 49.3 Å². The second-order valence-electron chi connectivity index (χ2n) is 8.75. The van der Waals surface area contributed by atoms with Crippen LogP contribution in [0.25, 0.3) is 5.69 Å². The highest BCUT2D eigenvalue weighted by atomic mass is 35.5. The lowest BCUT2D eigenvalue weighted by Gasteiger charge is -2.26. The van der Waals surface area contributed by atoms with Crippen molar-refractivity contribution < 1.29 is 27.2 Å². The van der Waals surface area contributed by atoms with E-state index in [0.717, 1.165) is 61.2 Å². The highest BCUT2D eigenvalue weighted by Gasteiger charge is 2.29. The van der Waals surface area contributed by atoms with Crippen LogP contribution in [-0.4, -0.2) is 27.4 Å². The van der Waals surface area contributed by atoms with Crippen molar-refractivity contribution in [1.29, 1.82) is 0 Å². The second-order valence-corrected chi connectivity index (χ2v) is 9.47. The summed E-state index contributed by atoms with van der Waals surface area (Å²) in [5.74, 6) is -5.82. The smallest absolute Gasteiger partial charge is 0.247 e. The zero-order valence-corrected chi connectivity index (χ0v) is 20.9. The molecule has 0 radical (unpaired) electrons. The number of rotatable bonds is 7. The van der Waals surface area contributed by atoms with E-state index in [2.05, 4.69) is 15.6 Å². The third-order valence-corrected chi connectivity index (χ3v) is 6.94. The van der Waals surface area contributed by atoms with Gasteiger partial charge in [-0.3, -0.25) is 14.2 Å². The summed E-state index contributed by atoms with van der Waals surface area (Å²) >= 11 is 11.9. The van der Waals surface area contributed by atoms with Gasteiger partial charge in [0.1, 0.15) is 24.0 Å². The van der Waals surface area contributed by atoms with Gasteiger partial charge < -0.3 is 10.6 Å². The molecule has 1 saturated carbocycles. The predicted molar refractivity (Wildman–Crippen MR) is 129 cm³/mol. The maximum atomic E-state index is 14.8. The van der Waals surface area contributed by atoms with E-state index in [9.17, 15) is 27.2 Å². The topological polar surface area (TPSA) is 76.0 Å². The van der Waals surface area contributed by atoms with Gasteiger partial charge in [0.25, 0.3) is 0 Å². The molecule has 2 N–H and O–H groups in total. The molecule has 1 aliphatic carbocycles. The molecular formula is C25H22Cl2F4N4O2. The molecule has 1 unspecified atom stereocenters. The number of hydrogen-bond donors (Lipinski definition) is 2. The fourth-order valence-electron chi connectivity index (χ4n) is 4.39. The SMILES string of the molecule is O=C(Cc1ccc(F)c(F)c1-n1cnc(Cl)c1Cl)NC(C(=O)NC1CCCCC1)c1ccc(F)cc1F. The van der Waals surface area contributed by atoms with Crippen LogP contribution in [0.15, 0.2) is 36.7 Å². The van der Waals surface area contributed by atoms with Crippen molar-refractivity contribution in [1.82, 2.24) is 20.2 Å². The number of carbonyl (C=O) groups excluding carboxylic acids is 2. The number of halogens is 6. The van der Waals surface area contributed by atoms with Crippen LogP contribution in [0.4, 0.5) is 17.6 Å². The molecule has 0 bridgehead atoms. The van der Waals surface area contributed by atoms with Gasteiger partial charge in [-0.1, -0.05) is 54.6 Å². The zero-order valence-electron chi connectivity index (χ0n) is 19.3. The third-order valence-electron chi connectivity index (χ3n) is 6.21. The van der Waals surface area contributed by atoms with E-state index in [4.69, 9.17) is 23.2 Å². The van der Waals surface area contributed by atoms with Crippen LogP contribution in [0.2, 0.25) is 10.3 Å². The molecule has 196 valence electrons. The van der Waals surface area contributed by atoms with Gasteiger partial charge in [0.15, 0.2) is 21.9 Å². The Morgan fingerprint density at radius 3 is 2.41 bits per heavy atom. The van der Waals surface area contributed by atoms with Gasteiger partial charge in [-0.2, -0.15) is 0 Å². The summed E-state index contributed by atoms with van der Waals surface area (Å²) in [5, 5.41) is 4.91. The van der Waals surface area contributed by atoms with Crippen LogP contribution in [-0.2, 0) is 16.0 Å². The minimum atomic E-state index is -1.49. The number of benzene rings is 2. The van der Waals surface area contributed by atoms with Crippen molar-refractivity contribution in [2.75, 3.05) is 0 Å². The minimum Gasteiger partial charge on any atom is -0.351 e. The second kappa shape index (κ2) is 11.5. The van der Waals surface area contributed by atoms with Gasteiger partial charge >= 0.3 is 0 Å². The molecule has 1 aliphatic rings. The first kappa shape index (κ1) is 26.9. The fraction of sp³-hybridized carbons (Fsp3) is 0.320. The number of amides is 2. The first-order valence-electron chi connectivity index (χ1n) is 11.6. The van der Waals surface area contributed by atoms with Crippen molar-refractivity contribution in [2.24, 2.45) is 0 Å². The zero-order chi connectivity index (χ0) is 26.7. The summed E-state index contributed by atoms with van der Waals surface area (Å²) in [6.45, 7) is 0. The van der Waals surface area contributed by atoms with E-state index in [1.807, 2.05) is 0 Å². The summed E-state index contributed by atoms with van der Waals surface area (Å²) in [6, 6.07) is 3.04. The molecule has 2 aromatic carbocycles. The fourth-order valence-corrected chi connectivity index (χ4v) is 4.70. The van der Waals surface area contributed by atoms with Gasteiger partial charge in [0, 0.05) is 17.7 Å². The van der Waals surface area contributed by atoms with Gasteiger partial charge in [0.2, 0.25) is 11.8 Å². The molecule has 1 fully saturated rings. The molecule has 1 aromatic heterocycles. The molecule has 0 spiro atoms. The summed E-state index contributed by atoms with van der Waals surface area (Å²) in [6.07, 6.45) is 4.91. The Bertz CT molecular complexity index is 1330. The standard InChI is InChI=1S/C25H22Cl2F4N4O2/c26-23-24(27)35(12-32-23)22-13(6-9-17(29)20(22)31)10-19(36)34-21(16-8-7-14(28)11-18(16)30)25(37)33-15-4-2-1-3-5-15/h6-9,11-12,15,21H,1-5,10H2,(H,33,37)(H,34,36). The van der Waals surface area contributed by atoms with Crippen LogP contribution >= 0.6 is 23.2 Å². The number of aromatic nitrogens is 2. The molecule has 3 aromatic rings. The molecular weight excluding hydrogens is 535 g/mol. The number of hydrogen-bond acceptors (Lipinski definition) is 3. The van der Waals surface area contributed by atoms with Crippen molar-refractivity contribution in [2.45, 2.75) is 50.6 Å². The molecule has 0 saturated heterocycles. The maximum absolute atomic E-state index is 14.8. The van der Waals surface area contributed by atoms with E-state index in [0.29, 0.717) is 6.07 Å². The number of nitrogens with zero attached hydrogens (tertiary/aromatic N) is 2. The highest BCUT2D eigenvalue weighted by Crippen LogP contribution is 2.29. The Morgan fingerprint density at radius 2 is 1.76 bits per heavy atom. The molecule has 4 rings (SSSR count). The quantitative estimate of drug-likeness (QED) is 0.373. The number of imidazole rings is 1. The average Bonchev–Trinajstić information content (AvgIpc) is 3.19. The normalized spacial score (nSPS) is 14.9. The number of nitrogens with one attached hydrogen (secondary N) is 2. The predicted octanol–water partition coefficient (Wildman–Crippen LogP) is 5.58. The van der Waals surface area contributed by atoms with E-state index in [1.54, 1.807) is 0 Å². The first-order valence-corrected chi connectivity index (χ1v) is 12.3. The van der Waals surface area contributed by atoms with Gasteiger partial charge in [-0.05, 0) is 30.5 Å². The highest BCUT2D eigenvalue weighted by molar-refractivity contribution is 6.40. The van der Waals surface area contributed by atoms with Crippen molar-refractivity contribution >= 4 is 35.0 Å². The van der Waals surface area contributed by atoms with Crippen molar-refractivity contribution in [3.8, 4) is 5.69 Å². The molecule has 2 amide bonds. The monoisotopic (exact) mass is 556 g/mol. The van der Waals surface area contributed by atoms with Gasteiger partial charge in [-0.25, -0.2) is 22.5 Å². The molecule has 0 aliphatic heterocycles. The molecule has 12 heteroatoms. The van der Waals surface area contributed by atoms with Crippen LogP contribution in [0.5, 0.6) is 0 Å². The maximum Gasteiger partial charge on any atom is 0.247 e. The van der Waals surface area contributed by atoms with E-state index >= 15 is 0 Å². The lowest BCUT2D eigenvalue weighted by atomic mass is 9.94. The number of carbonyl (C=O) groups is 2. The average molecular weight is 557 g/mol. The van der Waals surface area contributed by atoms with Crippen LogP contribution < -0.4 is 10.6 Å². The minimum absolute atomic E-state index is 0.00150. The largest absolute Gasteiger partial charge is 0.351 e. The van der Waals surface area contributed by atoms with Crippen molar-refractivity contribution in [3.05, 3.63) is 81.4 Å². The Kier molecular flexibility index (Phi) is 8.39. The summed E-state index contributed by atoms with van der Waals surface area (Å²) in [5.41, 5.74) is -0.632. The summed E-state index contributed by atoms with van der Waals surface area (Å²) in [4.78, 5) is 29.9. The Balaban J connectivity index is 1.62. The molecule has 1 atom stereocenters. The third kappa shape index (κ3) is 6.07. The van der Waals surface area contributed by atoms with Crippen LogP contribution in [0.3, 0.4) is 0 Å². The summed E-state index contributed by atoms with van der Waals surface area (Å²) < 4.78 is 58.0. The van der Waals surface area contributed by atoms with E-state index in [-0.39, 0.29) is 27.5 Å². The van der Waals surface area contributed by atoms with Crippen LogP contribution in [0, 0.1) is 23.3 Å². The molecule has 37 heavy (non-hydrogen) atoms. The van der Waals surface area contributed by atoms with Gasteiger partial charge in [0.05, 0.1) is 12.1 Å². The Morgan fingerprint density at radius 1 is 1.03 bits per heavy atom. The van der Waals surface area contributed by atoms with E-state index < -0.39 is 53.2 Å². The Labute approximate surface area is 220 Å². The lowest BCUT2D eigenvalue weighted by molar-refractivity contribution is -0.129. The Hall–Kier alpha value is -3.11. The van der Waals surface area contributed by atoms with Crippen molar-refractivity contribution in [3.63, 3.8) is 0 Å². The van der Waals surface area contributed by atoms with Gasteiger partial charge in [-0.15, -0.1) is 0 Å². The molecule has 6 nitrogen and oxygen atoms in total.